The van der Waals surface area contributed by atoms with Gasteiger partial charge in [-0.1, -0.05) is 51.2 Å². The Morgan fingerprint density at radius 3 is 2.21 bits per heavy atom. The summed E-state index contributed by atoms with van der Waals surface area (Å²) in [6.45, 7) is 2.14. The van der Waals surface area contributed by atoms with Gasteiger partial charge in [-0.3, -0.25) is 9.52 Å². The van der Waals surface area contributed by atoms with Gasteiger partial charge in [-0.25, -0.2) is 4.79 Å². The first-order valence-electron chi connectivity index (χ1n) is 10.9. The lowest BCUT2D eigenvalue weighted by molar-refractivity contribution is -0.202. The van der Waals surface area contributed by atoms with Crippen molar-refractivity contribution in [3.8, 4) is 0 Å². The highest BCUT2D eigenvalue weighted by Gasteiger charge is 2.46. The number of alkyl halides is 3. The van der Waals surface area contributed by atoms with Gasteiger partial charge in [-0.05, 0) is 30.5 Å². The van der Waals surface area contributed by atoms with E-state index < -0.39 is 40.3 Å². The number of aryl methyl sites for hydroxylation is 1. The third-order valence-corrected chi connectivity index (χ3v) is 6.43. The number of carbonyl (C=O) groups is 2. The lowest BCUT2D eigenvalue weighted by atomic mass is 9.90. The molecule has 33 heavy (non-hydrogen) atoms. The Balaban J connectivity index is 1.86. The Hall–Kier alpha value is -2.18. The number of nitrogens with one attached hydrogen (secondary N) is 3. The molecule has 0 radical (unpaired) electrons. The summed E-state index contributed by atoms with van der Waals surface area (Å²) in [6.07, 6.45) is 1.92. The second-order valence-electron chi connectivity index (χ2n) is 8.24. The Bertz CT molecular complexity index is 901. The lowest BCUT2D eigenvalue weighted by Gasteiger charge is -2.41. The van der Waals surface area contributed by atoms with Crippen molar-refractivity contribution in [2.45, 2.75) is 70.0 Å². The Morgan fingerprint density at radius 1 is 1.06 bits per heavy atom. The van der Waals surface area contributed by atoms with E-state index >= 15 is 0 Å². The lowest BCUT2D eigenvalue weighted by Crippen LogP contribution is -2.70. The fourth-order valence-corrected chi connectivity index (χ4v) is 4.73. The van der Waals surface area contributed by atoms with Crippen LogP contribution in [0.15, 0.2) is 24.3 Å². The first kappa shape index (κ1) is 27.1. The molecular weight excluding hydrogens is 463 g/mol. The number of benzene rings is 1. The number of rotatable bonds is 13. The molecule has 1 heterocycles. The van der Waals surface area contributed by atoms with Crippen molar-refractivity contribution in [2.75, 3.05) is 17.8 Å². The minimum absolute atomic E-state index is 0.0135. The van der Waals surface area contributed by atoms with Crippen LogP contribution in [0.25, 0.3) is 0 Å². The topological polar surface area (TPSA) is 114 Å². The molecule has 1 fully saturated rings. The molecule has 1 aliphatic rings. The van der Waals surface area contributed by atoms with Gasteiger partial charge in [0.1, 0.15) is 0 Å². The molecule has 0 spiro atoms. The molecule has 186 valence electrons. The molecule has 0 atom stereocenters. The molecule has 0 unspecified atom stereocenters. The molecule has 0 amide bonds. The Kier molecular flexibility index (Phi) is 9.68. The van der Waals surface area contributed by atoms with Crippen LogP contribution in [0.1, 0.15) is 57.4 Å². The van der Waals surface area contributed by atoms with Crippen LogP contribution in [0.3, 0.4) is 0 Å². The summed E-state index contributed by atoms with van der Waals surface area (Å²) >= 11 is 0. The average Bonchev–Trinajstić information content (AvgIpc) is 2.69. The largest absolute Gasteiger partial charge is 0.491 e. The van der Waals surface area contributed by atoms with Crippen LogP contribution in [0.5, 0.6) is 0 Å². The van der Waals surface area contributed by atoms with Crippen molar-refractivity contribution in [3.63, 3.8) is 0 Å². The van der Waals surface area contributed by atoms with Crippen LogP contribution in [-0.2, 0) is 31.0 Å². The smallest absolute Gasteiger partial charge is 0.386 e. The van der Waals surface area contributed by atoms with Crippen molar-refractivity contribution >= 4 is 27.8 Å². The minimum atomic E-state index is -5.32. The van der Waals surface area contributed by atoms with Gasteiger partial charge in [-0.2, -0.15) is 26.3 Å². The van der Waals surface area contributed by atoms with E-state index in [0.29, 0.717) is 5.69 Å². The van der Waals surface area contributed by atoms with Gasteiger partial charge >= 0.3 is 18.1 Å². The number of hydrogen-bond acceptors (Lipinski definition) is 6. The maximum atomic E-state index is 12.5. The SMILES string of the molecule is CCCCCCCCc1ccc(NS(=O)(=O)NC2(CC(=O)OC(=O)C(F)(F)F)CNC2)cc1. The zero-order chi connectivity index (χ0) is 24.5. The number of anilines is 1. The average molecular weight is 494 g/mol. The summed E-state index contributed by atoms with van der Waals surface area (Å²) in [4.78, 5) is 22.5. The van der Waals surface area contributed by atoms with Crippen molar-refractivity contribution in [2.24, 2.45) is 0 Å². The third kappa shape index (κ3) is 9.30. The second kappa shape index (κ2) is 11.8. The van der Waals surface area contributed by atoms with Gasteiger partial charge in [0, 0.05) is 18.8 Å². The molecule has 1 aromatic rings. The number of hydrogen-bond donors (Lipinski definition) is 3. The third-order valence-electron chi connectivity index (χ3n) is 5.22. The molecule has 1 aliphatic heterocycles. The van der Waals surface area contributed by atoms with Crippen molar-refractivity contribution in [1.29, 1.82) is 0 Å². The van der Waals surface area contributed by atoms with E-state index in [0.717, 1.165) is 24.8 Å². The van der Waals surface area contributed by atoms with E-state index in [2.05, 4.69) is 26.4 Å². The van der Waals surface area contributed by atoms with Gasteiger partial charge in [0.25, 0.3) is 10.2 Å². The standard InChI is InChI=1S/C21H30F3N3O5S/c1-2-3-4-5-6-7-8-16-9-11-17(12-10-16)26-33(30,31)27-20(14-25-15-20)13-18(28)32-19(29)21(22,23)24/h9-12,25-27H,2-8,13-15H2,1H3. The summed E-state index contributed by atoms with van der Waals surface area (Å²) in [7, 11) is -4.15. The molecule has 12 heteroatoms. The molecule has 1 aromatic carbocycles. The first-order chi connectivity index (χ1) is 15.4. The Morgan fingerprint density at radius 2 is 1.67 bits per heavy atom. The molecule has 3 N–H and O–H groups in total. The predicted molar refractivity (Wildman–Crippen MR) is 117 cm³/mol. The molecule has 0 bridgehead atoms. The van der Waals surface area contributed by atoms with Crippen LogP contribution in [-0.4, -0.2) is 45.2 Å². The summed E-state index contributed by atoms with van der Waals surface area (Å²) < 4.78 is 70.1. The molecule has 2 rings (SSSR count). The molecular formula is C21H30F3N3O5S. The van der Waals surface area contributed by atoms with E-state index in [1.54, 1.807) is 12.1 Å². The maximum absolute atomic E-state index is 12.5. The van der Waals surface area contributed by atoms with Gasteiger partial charge in [0.15, 0.2) is 0 Å². The maximum Gasteiger partial charge on any atom is 0.491 e. The van der Waals surface area contributed by atoms with Crippen LogP contribution >= 0.6 is 0 Å². The minimum Gasteiger partial charge on any atom is -0.386 e. The summed E-state index contributed by atoms with van der Waals surface area (Å²) in [6, 6.07) is 6.89. The summed E-state index contributed by atoms with van der Waals surface area (Å²) in [5.74, 6) is -4.11. The fourth-order valence-electron chi connectivity index (χ4n) is 3.45. The molecule has 8 nitrogen and oxygen atoms in total. The van der Waals surface area contributed by atoms with Crippen LogP contribution in [0.2, 0.25) is 0 Å². The van der Waals surface area contributed by atoms with E-state index in [-0.39, 0.29) is 13.1 Å². The predicted octanol–water partition coefficient (Wildman–Crippen LogP) is 3.20. The van der Waals surface area contributed by atoms with Gasteiger partial charge in [0.05, 0.1) is 12.0 Å². The van der Waals surface area contributed by atoms with E-state index in [1.165, 1.54) is 25.7 Å². The number of esters is 2. The van der Waals surface area contributed by atoms with E-state index in [4.69, 9.17) is 0 Å². The highest BCUT2D eigenvalue weighted by atomic mass is 32.2. The van der Waals surface area contributed by atoms with Gasteiger partial charge in [0.2, 0.25) is 0 Å². The quantitative estimate of drug-likeness (QED) is 0.221. The first-order valence-corrected chi connectivity index (χ1v) is 12.4. The summed E-state index contributed by atoms with van der Waals surface area (Å²) in [5.41, 5.74) is -0.0171. The molecule has 0 aromatic heterocycles. The number of halogens is 3. The van der Waals surface area contributed by atoms with Gasteiger partial charge in [-0.15, -0.1) is 0 Å². The van der Waals surface area contributed by atoms with Crippen molar-refractivity contribution < 1.29 is 35.9 Å². The molecule has 1 saturated heterocycles. The van der Waals surface area contributed by atoms with E-state index in [1.807, 2.05) is 12.1 Å². The highest BCUT2D eigenvalue weighted by Crippen LogP contribution is 2.22. The second-order valence-corrected chi connectivity index (χ2v) is 9.66. The number of carbonyl (C=O) groups excluding carboxylic acids is 2. The van der Waals surface area contributed by atoms with Gasteiger partial charge < -0.3 is 10.1 Å². The molecule has 0 saturated carbocycles. The number of unbranched alkanes of at least 4 members (excludes halogenated alkanes) is 5. The van der Waals surface area contributed by atoms with Crippen molar-refractivity contribution in [3.05, 3.63) is 29.8 Å². The zero-order valence-corrected chi connectivity index (χ0v) is 19.3. The number of ether oxygens (including phenoxy) is 1. The van der Waals surface area contributed by atoms with E-state index in [9.17, 15) is 31.2 Å². The molecule has 0 aliphatic carbocycles. The Labute approximate surface area is 191 Å². The van der Waals surface area contributed by atoms with Crippen molar-refractivity contribution in [1.82, 2.24) is 10.0 Å². The van der Waals surface area contributed by atoms with Crippen LogP contribution in [0.4, 0.5) is 18.9 Å². The fraction of sp³-hybridized carbons (Fsp3) is 0.619. The highest BCUT2D eigenvalue weighted by molar-refractivity contribution is 7.90. The monoisotopic (exact) mass is 493 g/mol. The normalized spacial score (nSPS) is 15.5. The van der Waals surface area contributed by atoms with Crippen LogP contribution in [0, 0.1) is 0 Å². The summed E-state index contributed by atoms with van der Waals surface area (Å²) in [5, 5.41) is 2.75. The van der Waals surface area contributed by atoms with Crippen LogP contribution < -0.4 is 14.8 Å². The zero-order valence-electron chi connectivity index (χ0n) is 18.5.